The molecule has 1 fully saturated rings. The lowest BCUT2D eigenvalue weighted by molar-refractivity contribution is 0.316. The number of oxime groups is 1. The van der Waals surface area contributed by atoms with Gasteiger partial charge in [0.15, 0.2) is 5.84 Å². The lowest BCUT2D eigenvalue weighted by atomic mass is 10.0. The van der Waals surface area contributed by atoms with Crippen molar-refractivity contribution in [3.8, 4) is 0 Å². The minimum absolute atomic E-state index is 0.266. The molecule has 4 N–H and O–H groups in total. The molecule has 1 rings (SSSR count). The zero-order chi connectivity index (χ0) is 10.4. The monoisotopic (exact) mass is 199 g/mol. The Morgan fingerprint density at radius 3 is 2.93 bits per heavy atom. The van der Waals surface area contributed by atoms with E-state index in [-0.39, 0.29) is 5.84 Å². The Kier molecular flexibility index (Phi) is 4.73. The molecule has 0 heterocycles. The molecule has 14 heavy (non-hydrogen) atoms. The molecule has 4 heteroatoms. The highest BCUT2D eigenvalue weighted by atomic mass is 16.4. The average molecular weight is 199 g/mol. The van der Waals surface area contributed by atoms with Crippen molar-refractivity contribution in [1.82, 2.24) is 5.32 Å². The van der Waals surface area contributed by atoms with Crippen LogP contribution in [-0.2, 0) is 0 Å². The Morgan fingerprint density at radius 2 is 2.21 bits per heavy atom. The fraction of sp³-hybridized carbons (Fsp3) is 0.900. The summed E-state index contributed by atoms with van der Waals surface area (Å²) in [6, 6.07) is 0.542. The van der Waals surface area contributed by atoms with Crippen molar-refractivity contribution in [2.45, 2.75) is 45.1 Å². The summed E-state index contributed by atoms with van der Waals surface area (Å²) in [5.74, 6) is 1.12. The van der Waals surface area contributed by atoms with E-state index in [4.69, 9.17) is 10.9 Å². The van der Waals surface area contributed by atoms with Crippen LogP contribution in [0.25, 0.3) is 0 Å². The summed E-state index contributed by atoms with van der Waals surface area (Å²) in [5.41, 5.74) is 5.39. The third-order valence-corrected chi connectivity index (χ3v) is 2.96. The lowest BCUT2D eigenvalue weighted by Crippen LogP contribution is -2.36. The van der Waals surface area contributed by atoms with E-state index >= 15 is 0 Å². The number of nitrogens with one attached hydrogen (secondary N) is 1. The van der Waals surface area contributed by atoms with Gasteiger partial charge in [0.2, 0.25) is 0 Å². The molecular formula is C10H21N3O. The van der Waals surface area contributed by atoms with E-state index in [1.165, 1.54) is 32.1 Å². The van der Waals surface area contributed by atoms with Crippen LogP contribution in [0.4, 0.5) is 0 Å². The van der Waals surface area contributed by atoms with Crippen LogP contribution < -0.4 is 11.1 Å². The van der Waals surface area contributed by atoms with Gasteiger partial charge in [-0.2, -0.15) is 0 Å². The molecule has 0 aromatic carbocycles. The number of hydrogen-bond acceptors (Lipinski definition) is 3. The first-order valence-electron chi connectivity index (χ1n) is 5.42. The maximum absolute atomic E-state index is 8.38. The highest BCUT2D eigenvalue weighted by molar-refractivity contribution is 5.81. The molecule has 0 bridgehead atoms. The van der Waals surface area contributed by atoms with Gasteiger partial charge in [0.05, 0.1) is 6.54 Å². The number of hydrogen-bond donors (Lipinski definition) is 3. The maximum Gasteiger partial charge on any atom is 0.153 e. The summed E-state index contributed by atoms with van der Waals surface area (Å²) in [4.78, 5) is 0. The Hall–Kier alpha value is -0.770. The van der Waals surface area contributed by atoms with Gasteiger partial charge in [-0.25, -0.2) is 0 Å². The lowest BCUT2D eigenvalue weighted by Gasteiger charge is -2.15. The van der Waals surface area contributed by atoms with Gasteiger partial charge in [0, 0.05) is 6.04 Å². The van der Waals surface area contributed by atoms with Crippen LogP contribution in [0, 0.1) is 5.92 Å². The Balaban J connectivity index is 2.24. The summed E-state index contributed by atoms with van der Waals surface area (Å²) in [5, 5.41) is 14.6. The Bertz CT molecular complexity index is 194. The second-order valence-corrected chi connectivity index (χ2v) is 4.28. The molecule has 2 atom stereocenters. The first kappa shape index (κ1) is 11.3. The van der Waals surface area contributed by atoms with Crippen LogP contribution in [0.1, 0.15) is 39.0 Å². The largest absolute Gasteiger partial charge is 0.409 e. The molecule has 0 amide bonds. The molecule has 1 aliphatic carbocycles. The fourth-order valence-electron chi connectivity index (χ4n) is 1.98. The van der Waals surface area contributed by atoms with Crippen molar-refractivity contribution < 1.29 is 5.21 Å². The Labute approximate surface area is 85.6 Å². The highest BCUT2D eigenvalue weighted by Gasteiger charge is 2.15. The highest BCUT2D eigenvalue weighted by Crippen LogP contribution is 2.22. The van der Waals surface area contributed by atoms with E-state index in [2.05, 4.69) is 17.4 Å². The van der Waals surface area contributed by atoms with Crippen LogP contribution in [0.2, 0.25) is 0 Å². The predicted molar refractivity (Wildman–Crippen MR) is 57.4 cm³/mol. The quantitative estimate of drug-likeness (QED) is 0.211. The van der Waals surface area contributed by atoms with Crippen LogP contribution in [0.5, 0.6) is 0 Å². The van der Waals surface area contributed by atoms with E-state index in [0.717, 1.165) is 5.92 Å². The first-order chi connectivity index (χ1) is 6.72. The molecule has 1 saturated carbocycles. The zero-order valence-electron chi connectivity index (χ0n) is 8.87. The van der Waals surface area contributed by atoms with Gasteiger partial charge in [-0.3, -0.25) is 0 Å². The maximum atomic E-state index is 8.38. The third-order valence-electron chi connectivity index (χ3n) is 2.96. The smallest absolute Gasteiger partial charge is 0.153 e. The normalized spacial score (nSPS) is 29.9. The van der Waals surface area contributed by atoms with E-state index in [1.807, 2.05) is 0 Å². The summed E-state index contributed by atoms with van der Waals surface area (Å²) in [7, 11) is 0. The molecule has 0 radical (unpaired) electrons. The molecule has 82 valence electrons. The molecule has 0 spiro atoms. The van der Waals surface area contributed by atoms with Gasteiger partial charge in [0.25, 0.3) is 0 Å². The molecule has 1 aliphatic rings. The molecule has 4 nitrogen and oxygen atoms in total. The minimum Gasteiger partial charge on any atom is -0.409 e. The van der Waals surface area contributed by atoms with Crippen LogP contribution in [-0.4, -0.2) is 23.6 Å². The van der Waals surface area contributed by atoms with Gasteiger partial charge in [-0.05, 0) is 25.2 Å². The fourth-order valence-corrected chi connectivity index (χ4v) is 1.98. The number of nitrogens with zero attached hydrogens (tertiary/aromatic N) is 1. The molecule has 0 saturated heterocycles. The van der Waals surface area contributed by atoms with Crippen LogP contribution in [0.3, 0.4) is 0 Å². The number of rotatable bonds is 3. The van der Waals surface area contributed by atoms with Crippen molar-refractivity contribution in [2.24, 2.45) is 16.8 Å². The van der Waals surface area contributed by atoms with Gasteiger partial charge >= 0.3 is 0 Å². The van der Waals surface area contributed by atoms with Crippen molar-refractivity contribution in [3.05, 3.63) is 0 Å². The topological polar surface area (TPSA) is 70.6 Å². The zero-order valence-corrected chi connectivity index (χ0v) is 8.87. The Morgan fingerprint density at radius 1 is 1.43 bits per heavy atom. The first-order valence-corrected chi connectivity index (χ1v) is 5.42. The molecule has 0 aliphatic heterocycles. The van der Waals surface area contributed by atoms with Crippen molar-refractivity contribution in [1.29, 1.82) is 0 Å². The standard InChI is InChI=1S/C10H21N3O/c1-8-3-2-4-9(6-5-8)12-7-10(11)13-14/h8-9,12,14H,2-7H2,1H3,(H2,11,13). The molecular weight excluding hydrogens is 178 g/mol. The molecule has 2 unspecified atom stereocenters. The van der Waals surface area contributed by atoms with Crippen molar-refractivity contribution in [2.75, 3.05) is 6.54 Å². The van der Waals surface area contributed by atoms with Gasteiger partial charge in [-0.15, -0.1) is 0 Å². The SMILES string of the molecule is CC1CCCC(NCC(N)=NO)CC1. The number of nitrogens with two attached hydrogens (primary N) is 1. The van der Waals surface area contributed by atoms with Crippen molar-refractivity contribution in [3.63, 3.8) is 0 Å². The second-order valence-electron chi connectivity index (χ2n) is 4.28. The van der Waals surface area contributed by atoms with Crippen LogP contribution >= 0.6 is 0 Å². The second kappa shape index (κ2) is 5.86. The van der Waals surface area contributed by atoms with Gasteiger partial charge < -0.3 is 16.3 Å². The van der Waals surface area contributed by atoms with E-state index in [9.17, 15) is 0 Å². The molecule has 0 aromatic rings. The summed E-state index contributed by atoms with van der Waals surface area (Å²) in [6.45, 7) is 2.81. The van der Waals surface area contributed by atoms with E-state index in [1.54, 1.807) is 0 Å². The van der Waals surface area contributed by atoms with Crippen LogP contribution in [0.15, 0.2) is 5.16 Å². The average Bonchev–Trinajstić information content (AvgIpc) is 2.39. The van der Waals surface area contributed by atoms with Crippen molar-refractivity contribution >= 4 is 5.84 Å². The molecule has 0 aromatic heterocycles. The summed E-state index contributed by atoms with van der Waals surface area (Å²) >= 11 is 0. The minimum atomic E-state index is 0.266. The summed E-state index contributed by atoms with van der Waals surface area (Å²) in [6.07, 6.45) is 6.33. The van der Waals surface area contributed by atoms with E-state index < -0.39 is 0 Å². The third kappa shape index (κ3) is 3.96. The number of amidine groups is 1. The summed E-state index contributed by atoms with van der Waals surface area (Å²) < 4.78 is 0. The van der Waals surface area contributed by atoms with E-state index in [0.29, 0.717) is 12.6 Å². The van der Waals surface area contributed by atoms with Gasteiger partial charge in [0.1, 0.15) is 0 Å². The predicted octanol–water partition coefficient (Wildman–Crippen LogP) is 1.29. The van der Waals surface area contributed by atoms with Gasteiger partial charge in [-0.1, -0.05) is 24.9 Å².